The van der Waals surface area contributed by atoms with Gasteiger partial charge in [-0.1, -0.05) is 46.0 Å². The summed E-state index contributed by atoms with van der Waals surface area (Å²) in [6.07, 6.45) is 7.01. The minimum absolute atomic E-state index is 0.0417. The Balaban J connectivity index is 0. The Morgan fingerprint density at radius 3 is 1.31 bits per heavy atom. The van der Waals surface area contributed by atoms with Gasteiger partial charge in [0.05, 0.1) is 5.60 Å². The fraction of sp³-hybridized carbons (Fsp3) is 1.00. The van der Waals surface area contributed by atoms with Gasteiger partial charge in [-0.2, -0.15) is 0 Å². The highest BCUT2D eigenvalue weighted by atomic mass is 16.5. The van der Waals surface area contributed by atoms with Crippen LogP contribution in [0.5, 0.6) is 0 Å². The molecule has 13 heavy (non-hydrogen) atoms. The van der Waals surface area contributed by atoms with Gasteiger partial charge < -0.3 is 4.74 Å². The van der Waals surface area contributed by atoms with Crippen molar-refractivity contribution in [1.29, 1.82) is 0 Å². The highest BCUT2D eigenvalue weighted by molar-refractivity contribution is 4.55. The van der Waals surface area contributed by atoms with E-state index in [4.69, 9.17) is 4.74 Å². The lowest BCUT2D eigenvalue weighted by Crippen LogP contribution is -2.15. The first-order chi connectivity index (χ1) is 5.97. The predicted molar refractivity (Wildman–Crippen MR) is 61.2 cm³/mol. The maximum Gasteiger partial charge on any atom is 0.0594 e. The molecule has 82 valence electrons. The Bertz CT molecular complexity index is 77.6. The van der Waals surface area contributed by atoms with E-state index < -0.39 is 0 Å². The molecule has 0 aromatic rings. The quantitative estimate of drug-likeness (QED) is 0.594. The van der Waals surface area contributed by atoms with E-state index in [1.165, 1.54) is 32.1 Å². The van der Waals surface area contributed by atoms with Crippen molar-refractivity contribution in [2.75, 3.05) is 7.11 Å². The zero-order valence-electron chi connectivity index (χ0n) is 10.4. The molecule has 0 aromatic carbocycles. The first-order valence-corrected chi connectivity index (χ1v) is 5.53. The minimum atomic E-state index is 0.0417. The number of hydrogen-bond acceptors (Lipinski definition) is 1. The van der Waals surface area contributed by atoms with Crippen LogP contribution in [0, 0.1) is 0 Å². The molecule has 0 heterocycles. The molecule has 0 fully saturated rings. The highest BCUT2D eigenvalue weighted by Crippen LogP contribution is 2.02. The third-order valence-electron chi connectivity index (χ3n) is 1.82. The average Bonchev–Trinajstić information content (AvgIpc) is 2.06. The zero-order valence-corrected chi connectivity index (χ0v) is 10.4. The van der Waals surface area contributed by atoms with E-state index in [9.17, 15) is 0 Å². The molecule has 1 heteroatoms. The van der Waals surface area contributed by atoms with Gasteiger partial charge in [-0.05, 0) is 20.8 Å². The van der Waals surface area contributed by atoms with Crippen LogP contribution in [0.1, 0.15) is 66.7 Å². The molecule has 0 amide bonds. The van der Waals surface area contributed by atoms with Crippen LogP contribution in [-0.2, 0) is 4.74 Å². The maximum absolute atomic E-state index is 4.94. The zero-order chi connectivity index (χ0) is 10.7. The Morgan fingerprint density at radius 2 is 1.15 bits per heavy atom. The lowest BCUT2D eigenvalue weighted by molar-refractivity contribution is 0.0397. The lowest BCUT2D eigenvalue weighted by atomic mass is 10.2. The SMILES string of the molecule is CCCCCCC.COC(C)(C)C. The predicted octanol–water partition coefficient (Wildman–Crippen LogP) is 4.41. The second kappa shape index (κ2) is 10.0. The van der Waals surface area contributed by atoms with E-state index >= 15 is 0 Å². The molecular weight excluding hydrogens is 160 g/mol. The molecule has 0 saturated heterocycles. The van der Waals surface area contributed by atoms with Crippen molar-refractivity contribution in [2.24, 2.45) is 0 Å². The average molecular weight is 188 g/mol. The van der Waals surface area contributed by atoms with Crippen molar-refractivity contribution in [2.45, 2.75) is 72.3 Å². The third kappa shape index (κ3) is 24.5. The molecule has 0 aliphatic rings. The second-order valence-electron chi connectivity index (χ2n) is 4.38. The fourth-order valence-corrected chi connectivity index (χ4v) is 0.677. The van der Waals surface area contributed by atoms with E-state index in [2.05, 4.69) is 13.8 Å². The first-order valence-electron chi connectivity index (χ1n) is 5.53. The molecule has 0 N–H and O–H groups in total. The number of unbranched alkanes of at least 4 members (excludes halogenated alkanes) is 4. The molecule has 1 nitrogen and oxygen atoms in total. The topological polar surface area (TPSA) is 9.23 Å². The largest absolute Gasteiger partial charge is 0.379 e. The summed E-state index contributed by atoms with van der Waals surface area (Å²) in [7, 11) is 1.71. The number of rotatable bonds is 4. The fourth-order valence-electron chi connectivity index (χ4n) is 0.677. The first kappa shape index (κ1) is 15.4. The molecule has 0 saturated carbocycles. The smallest absolute Gasteiger partial charge is 0.0594 e. The van der Waals surface area contributed by atoms with Gasteiger partial charge in [-0.15, -0.1) is 0 Å². The Hall–Kier alpha value is -0.0400. The van der Waals surface area contributed by atoms with Gasteiger partial charge in [-0.25, -0.2) is 0 Å². The molecule has 0 radical (unpaired) electrons. The van der Waals surface area contributed by atoms with Crippen LogP contribution >= 0.6 is 0 Å². The highest BCUT2D eigenvalue weighted by Gasteiger charge is 2.03. The Labute approximate surface area is 84.9 Å². The van der Waals surface area contributed by atoms with Crippen LogP contribution in [-0.4, -0.2) is 12.7 Å². The van der Waals surface area contributed by atoms with Gasteiger partial charge in [0.1, 0.15) is 0 Å². The van der Waals surface area contributed by atoms with Crippen molar-refractivity contribution in [3.63, 3.8) is 0 Å². The molecule has 0 aliphatic heterocycles. The summed E-state index contributed by atoms with van der Waals surface area (Å²) in [6.45, 7) is 10.6. The third-order valence-corrected chi connectivity index (χ3v) is 1.82. The van der Waals surface area contributed by atoms with Gasteiger partial charge in [0.25, 0.3) is 0 Å². The van der Waals surface area contributed by atoms with E-state index in [0.717, 1.165) is 0 Å². The number of ether oxygens (including phenoxy) is 1. The second-order valence-corrected chi connectivity index (χ2v) is 4.38. The van der Waals surface area contributed by atoms with Crippen LogP contribution in [0.25, 0.3) is 0 Å². The van der Waals surface area contributed by atoms with Gasteiger partial charge in [0.15, 0.2) is 0 Å². The van der Waals surface area contributed by atoms with E-state index in [1.807, 2.05) is 20.8 Å². The minimum Gasteiger partial charge on any atom is -0.379 e. The molecular formula is C12H28O. The number of hydrogen-bond donors (Lipinski definition) is 0. The molecule has 0 aromatic heterocycles. The molecule has 0 spiro atoms. The van der Waals surface area contributed by atoms with Crippen molar-refractivity contribution < 1.29 is 4.74 Å². The van der Waals surface area contributed by atoms with Gasteiger partial charge >= 0.3 is 0 Å². The van der Waals surface area contributed by atoms with E-state index in [0.29, 0.717) is 0 Å². The van der Waals surface area contributed by atoms with Crippen molar-refractivity contribution in [3.8, 4) is 0 Å². The lowest BCUT2D eigenvalue weighted by Gasteiger charge is -2.14. The summed E-state index contributed by atoms with van der Waals surface area (Å²) in [4.78, 5) is 0. The Kier molecular flexibility index (Phi) is 11.9. The summed E-state index contributed by atoms with van der Waals surface area (Å²) >= 11 is 0. The standard InChI is InChI=1S/C7H16.C5H12O/c1-3-5-7-6-4-2;1-5(2,3)6-4/h3-7H2,1-2H3;1-4H3. The summed E-state index contributed by atoms with van der Waals surface area (Å²) in [5.74, 6) is 0. The van der Waals surface area contributed by atoms with Crippen molar-refractivity contribution >= 4 is 0 Å². The normalized spacial score (nSPS) is 10.6. The molecule has 0 rings (SSSR count). The maximum atomic E-state index is 4.94. The monoisotopic (exact) mass is 188 g/mol. The van der Waals surface area contributed by atoms with Crippen molar-refractivity contribution in [3.05, 3.63) is 0 Å². The summed E-state index contributed by atoms with van der Waals surface area (Å²) < 4.78 is 4.94. The molecule has 0 bridgehead atoms. The van der Waals surface area contributed by atoms with Crippen LogP contribution in [0.3, 0.4) is 0 Å². The van der Waals surface area contributed by atoms with Gasteiger partial charge in [0.2, 0.25) is 0 Å². The van der Waals surface area contributed by atoms with Crippen LogP contribution in [0.2, 0.25) is 0 Å². The molecule has 0 atom stereocenters. The van der Waals surface area contributed by atoms with E-state index in [-0.39, 0.29) is 5.60 Å². The Morgan fingerprint density at radius 1 is 0.846 bits per heavy atom. The summed E-state index contributed by atoms with van der Waals surface area (Å²) in [6, 6.07) is 0. The summed E-state index contributed by atoms with van der Waals surface area (Å²) in [5, 5.41) is 0. The van der Waals surface area contributed by atoms with Crippen LogP contribution < -0.4 is 0 Å². The van der Waals surface area contributed by atoms with Crippen LogP contribution in [0.15, 0.2) is 0 Å². The van der Waals surface area contributed by atoms with Gasteiger partial charge in [0, 0.05) is 7.11 Å². The molecule has 0 aliphatic carbocycles. The number of methoxy groups -OCH3 is 1. The van der Waals surface area contributed by atoms with E-state index in [1.54, 1.807) is 7.11 Å². The van der Waals surface area contributed by atoms with Gasteiger partial charge in [-0.3, -0.25) is 0 Å². The van der Waals surface area contributed by atoms with Crippen LogP contribution in [0.4, 0.5) is 0 Å². The van der Waals surface area contributed by atoms with Crippen molar-refractivity contribution in [1.82, 2.24) is 0 Å². The summed E-state index contributed by atoms with van der Waals surface area (Å²) in [5.41, 5.74) is 0.0417. The molecule has 0 unspecified atom stereocenters.